The van der Waals surface area contributed by atoms with Crippen molar-refractivity contribution in [2.75, 3.05) is 32.9 Å². The summed E-state index contributed by atoms with van der Waals surface area (Å²) >= 11 is 0. The molecule has 7 nitrogen and oxygen atoms in total. The second kappa shape index (κ2) is 8.33. The zero-order valence-corrected chi connectivity index (χ0v) is 15.0. The van der Waals surface area contributed by atoms with E-state index in [4.69, 9.17) is 9.47 Å². The van der Waals surface area contributed by atoms with Gasteiger partial charge in [0.05, 0.1) is 26.1 Å². The molecule has 1 aliphatic rings. The molecule has 1 fully saturated rings. The summed E-state index contributed by atoms with van der Waals surface area (Å²) in [7, 11) is 0. The zero-order valence-electron chi connectivity index (χ0n) is 15.0. The molecule has 1 aromatic carbocycles. The highest BCUT2D eigenvalue weighted by atomic mass is 16.5. The van der Waals surface area contributed by atoms with Crippen LogP contribution in [0.4, 0.5) is 0 Å². The SMILES string of the molecule is Cc1ccccc1OCC1(O)COCCN(C(=O)CCn2ccnc2)C1. The Labute approximate surface area is 153 Å². The molecular formula is C19H25N3O4. The number of imidazole rings is 1. The first kappa shape index (κ1) is 18.4. The molecule has 0 spiro atoms. The topological polar surface area (TPSA) is 76.8 Å². The summed E-state index contributed by atoms with van der Waals surface area (Å²) in [5.74, 6) is 0.710. The molecule has 1 N–H and O–H groups in total. The van der Waals surface area contributed by atoms with Crippen molar-refractivity contribution in [1.82, 2.24) is 14.5 Å². The summed E-state index contributed by atoms with van der Waals surface area (Å²) in [6.45, 7) is 3.80. The van der Waals surface area contributed by atoms with E-state index in [1.807, 2.05) is 42.0 Å². The number of aliphatic hydroxyl groups is 1. The number of benzene rings is 1. The first-order chi connectivity index (χ1) is 12.6. The van der Waals surface area contributed by atoms with Gasteiger partial charge in [-0.3, -0.25) is 4.79 Å². The van der Waals surface area contributed by atoms with Gasteiger partial charge in [0.25, 0.3) is 0 Å². The monoisotopic (exact) mass is 359 g/mol. The molecule has 1 saturated heterocycles. The van der Waals surface area contributed by atoms with Crippen molar-refractivity contribution < 1.29 is 19.4 Å². The van der Waals surface area contributed by atoms with Crippen molar-refractivity contribution in [2.45, 2.75) is 25.5 Å². The molecule has 1 amide bonds. The molecule has 26 heavy (non-hydrogen) atoms. The van der Waals surface area contributed by atoms with Crippen LogP contribution in [-0.4, -0.2) is 64.0 Å². The molecule has 7 heteroatoms. The largest absolute Gasteiger partial charge is 0.490 e. The van der Waals surface area contributed by atoms with Crippen LogP contribution in [0.15, 0.2) is 43.0 Å². The predicted octanol–water partition coefficient (Wildman–Crippen LogP) is 1.25. The maximum atomic E-state index is 12.5. The van der Waals surface area contributed by atoms with Crippen LogP contribution in [0.2, 0.25) is 0 Å². The van der Waals surface area contributed by atoms with Gasteiger partial charge in [-0.05, 0) is 18.6 Å². The van der Waals surface area contributed by atoms with Crippen molar-refractivity contribution in [2.24, 2.45) is 0 Å². The fourth-order valence-electron chi connectivity index (χ4n) is 2.95. The molecule has 140 valence electrons. The minimum Gasteiger partial charge on any atom is -0.490 e. The smallest absolute Gasteiger partial charge is 0.224 e. The molecule has 1 unspecified atom stereocenters. The molecule has 1 aliphatic heterocycles. The number of amides is 1. The van der Waals surface area contributed by atoms with Gasteiger partial charge < -0.3 is 24.0 Å². The van der Waals surface area contributed by atoms with Crippen LogP contribution >= 0.6 is 0 Å². The minimum atomic E-state index is -1.23. The number of ether oxygens (including phenoxy) is 2. The van der Waals surface area contributed by atoms with Gasteiger partial charge in [0.2, 0.25) is 5.91 Å². The number of hydrogen-bond donors (Lipinski definition) is 1. The van der Waals surface area contributed by atoms with Gasteiger partial charge >= 0.3 is 0 Å². The Balaban J connectivity index is 1.58. The summed E-state index contributed by atoms with van der Waals surface area (Å²) < 4.78 is 13.2. The molecule has 2 heterocycles. The first-order valence-electron chi connectivity index (χ1n) is 8.78. The van der Waals surface area contributed by atoms with Gasteiger partial charge in [-0.1, -0.05) is 18.2 Å². The van der Waals surface area contributed by atoms with Crippen LogP contribution in [0, 0.1) is 6.92 Å². The van der Waals surface area contributed by atoms with Crippen LogP contribution in [0.5, 0.6) is 5.75 Å². The van der Waals surface area contributed by atoms with Gasteiger partial charge in [-0.2, -0.15) is 0 Å². The van der Waals surface area contributed by atoms with Crippen molar-refractivity contribution in [3.05, 3.63) is 48.5 Å². The summed E-state index contributed by atoms with van der Waals surface area (Å²) in [6, 6.07) is 7.65. The molecule has 2 aromatic rings. The van der Waals surface area contributed by atoms with Gasteiger partial charge in [0, 0.05) is 31.9 Å². The molecule has 0 saturated carbocycles. The van der Waals surface area contributed by atoms with E-state index in [0.717, 1.165) is 11.3 Å². The van der Waals surface area contributed by atoms with Crippen molar-refractivity contribution in [1.29, 1.82) is 0 Å². The number of aromatic nitrogens is 2. The third-order valence-corrected chi connectivity index (χ3v) is 4.45. The lowest BCUT2D eigenvalue weighted by molar-refractivity contribution is -0.135. The molecule has 1 aromatic heterocycles. The Kier molecular flexibility index (Phi) is 5.90. The normalized spacial score (nSPS) is 20.6. The van der Waals surface area contributed by atoms with Crippen LogP contribution in [0.1, 0.15) is 12.0 Å². The number of carbonyl (C=O) groups is 1. The Morgan fingerprint density at radius 3 is 3.04 bits per heavy atom. The molecular weight excluding hydrogens is 334 g/mol. The van der Waals surface area contributed by atoms with Crippen LogP contribution < -0.4 is 4.74 Å². The van der Waals surface area contributed by atoms with Gasteiger partial charge in [0.1, 0.15) is 18.0 Å². The molecule has 1 atom stereocenters. The van der Waals surface area contributed by atoms with Crippen LogP contribution in [-0.2, 0) is 16.1 Å². The van der Waals surface area contributed by atoms with E-state index in [-0.39, 0.29) is 25.7 Å². The number of nitrogens with zero attached hydrogens (tertiary/aromatic N) is 3. The van der Waals surface area contributed by atoms with E-state index >= 15 is 0 Å². The van der Waals surface area contributed by atoms with Crippen LogP contribution in [0.25, 0.3) is 0 Å². The van der Waals surface area contributed by atoms with E-state index < -0.39 is 5.60 Å². The van der Waals surface area contributed by atoms with E-state index in [1.54, 1.807) is 17.4 Å². The van der Waals surface area contributed by atoms with Gasteiger partial charge in [-0.15, -0.1) is 0 Å². The van der Waals surface area contributed by atoms with E-state index in [1.165, 1.54) is 0 Å². The average molecular weight is 359 g/mol. The summed E-state index contributed by atoms with van der Waals surface area (Å²) in [6.07, 6.45) is 5.55. The third-order valence-electron chi connectivity index (χ3n) is 4.45. The lowest BCUT2D eigenvalue weighted by Crippen LogP contribution is -2.50. The zero-order chi connectivity index (χ0) is 18.4. The summed E-state index contributed by atoms with van der Waals surface area (Å²) in [5.41, 5.74) is -0.234. The summed E-state index contributed by atoms with van der Waals surface area (Å²) in [5, 5.41) is 10.9. The van der Waals surface area contributed by atoms with Crippen molar-refractivity contribution in [3.8, 4) is 5.75 Å². The highest BCUT2D eigenvalue weighted by Gasteiger charge is 2.35. The van der Waals surface area contributed by atoms with E-state index in [0.29, 0.717) is 26.1 Å². The summed E-state index contributed by atoms with van der Waals surface area (Å²) in [4.78, 5) is 18.2. The average Bonchev–Trinajstić information content (AvgIpc) is 3.07. The van der Waals surface area contributed by atoms with Crippen molar-refractivity contribution in [3.63, 3.8) is 0 Å². The lowest BCUT2D eigenvalue weighted by atomic mass is 10.1. The second-order valence-electron chi connectivity index (χ2n) is 6.70. The number of rotatable bonds is 6. The Hall–Kier alpha value is -2.38. The van der Waals surface area contributed by atoms with Crippen LogP contribution in [0.3, 0.4) is 0 Å². The first-order valence-corrected chi connectivity index (χ1v) is 8.78. The number of β-amino-alcohol motifs (C(OH)–C–C–N with tert-alkyl or cyclic N) is 1. The quantitative estimate of drug-likeness (QED) is 0.840. The molecule has 0 aliphatic carbocycles. The lowest BCUT2D eigenvalue weighted by Gasteiger charge is -2.31. The Morgan fingerprint density at radius 1 is 1.42 bits per heavy atom. The van der Waals surface area contributed by atoms with Gasteiger partial charge in [-0.25, -0.2) is 4.98 Å². The molecule has 3 rings (SSSR count). The molecule has 0 radical (unpaired) electrons. The number of carbonyl (C=O) groups excluding carboxylic acids is 1. The van der Waals surface area contributed by atoms with Crippen molar-refractivity contribution >= 4 is 5.91 Å². The van der Waals surface area contributed by atoms with E-state index in [9.17, 15) is 9.90 Å². The molecule has 0 bridgehead atoms. The highest BCUT2D eigenvalue weighted by Crippen LogP contribution is 2.20. The van der Waals surface area contributed by atoms with E-state index in [2.05, 4.69) is 4.98 Å². The highest BCUT2D eigenvalue weighted by molar-refractivity contribution is 5.76. The maximum Gasteiger partial charge on any atom is 0.224 e. The number of para-hydroxylation sites is 1. The fraction of sp³-hybridized carbons (Fsp3) is 0.474. The second-order valence-corrected chi connectivity index (χ2v) is 6.70. The number of aryl methyl sites for hydroxylation is 2. The Morgan fingerprint density at radius 2 is 2.27 bits per heavy atom. The predicted molar refractivity (Wildman–Crippen MR) is 95.9 cm³/mol. The maximum absolute atomic E-state index is 12.5. The minimum absolute atomic E-state index is 0.0153. The Bertz CT molecular complexity index is 719. The van der Waals surface area contributed by atoms with Gasteiger partial charge in [0.15, 0.2) is 0 Å². The standard InChI is InChI=1S/C19H25N3O4/c1-16-4-2-3-5-17(16)26-14-19(24)12-22(10-11-25-13-19)18(23)6-8-21-9-7-20-15-21/h2-5,7,9,15,24H,6,8,10-14H2,1H3. The third kappa shape index (κ3) is 4.83. The number of hydrogen-bond acceptors (Lipinski definition) is 5. The fourth-order valence-corrected chi connectivity index (χ4v) is 2.95.